The molecule has 3 N–H and O–H groups in total. The van der Waals surface area contributed by atoms with Gasteiger partial charge < -0.3 is 39.4 Å². The highest BCUT2D eigenvalue weighted by Crippen LogP contribution is 2.38. The number of nitrogens with one attached hydrogen (secondary N) is 1. The first kappa shape index (κ1) is 37.1. The van der Waals surface area contributed by atoms with Crippen molar-refractivity contribution in [2.75, 3.05) is 46.0 Å². The fourth-order valence-electron chi connectivity index (χ4n) is 6.46. The molecule has 272 valence electrons. The van der Waals surface area contributed by atoms with Crippen LogP contribution in [0.3, 0.4) is 0 Å². The van der Waals surface area contributed by atoms with Crippen molar-refractivity contribution in [3.05, 3.63) is 77.8 Å². The molecule has 0 bridgehead atoms. The molecule has 0 spiro atoms. The normalized spacial score (nSPS) is 19.6. The lowest BCUT2D eigenvalue weighted by Crippen LogP contribution is -2.50. The van der Waals surface area contributed by atoms with Gasteiger partial charge in [-0.25, -0.2) is 27.7 Å². The number of rotatable bonds is 11. The standard InChI is InChI=1S/C36H46F3N5O6/c1-36(2,3)50-35(48)43-18-25(30(39)20-43)19-44(34(47)40-16-27(46)22-45)32(24-11-13-49-14-12-24)33-41-31(28-15-26(37)9-10-29(28)38)21-42(33)17-23-7-5-4-6-8-23/h4-10,15,21,24-25,27,30,32,45-46H,11-14,16-20,22H2,1-3H3,(H,40,47)/t25-,27?,30-,32+/m0/s1. The summed E-state index contributed by atoms with van der Waals surface area (Å²) in [6, 6.07) is 11.1. The summed E-state index contributed by atoms with van der Waals surface area (Å²) in [6.07, 6.45) is -0.737. The van der Waals surface area contributed by atoms with E-state index in [0.29, 0.717) is 31.9 Å². The molecule has 1 aromatic heterocycles. The maximum absolute atomic E-state index is 15.8. The van der Waals surface area contributed by atoms with Gasteiger partial charge in [-0.1, -0.05) is 30.3 Å². The fourth-order valence-corrected chi connectivity index (χ4v) is 6.46. The lowest BCUT2D eigenvalue weighted by Gasteiger charge is -2.40. The molecule has 3 aromatic rings. The second-order valence-corrected chi connectivity index (χ2v) is 14.0. The van der Waals surface area contributed by atoms with E-state index in [1.165, 1.54) is 9.80 Å². The number of aliphatic hydroxyl groups is 2. The van der Waals surface area contributed by atoms with E-state index >= 15 is 8.78 Å². The smallest absolute Gasteiger partial charge is 0.410 e. The van der Waals surface area contributed by atoms with Crippen LogP contribution in [0.25, 0.3) is 11.3 Å². The summed E-state index contributed by atoms with van der Waals surface area (Å²) in [5, 5.41) is 22.2. The molecule has 0 aliphatic carbocycles. The van der Waals surface area contributed by atoms with Crippen molar-refractivity contribution in [2.24, 2.45) is 11.8 Å². The Morgan fingerprint density at radius 2 is 1.84 bits per heavy atom. The van der Waals surface area contributed by atoms with Gasteiger partial charge in [0.25, 0.3) is 0 Å². The van der Waals surface area contributed by atoms with E-state index in [0.717, 1.165) is 23.8 Å². The van der Waals surface area contributed by atoms with Crippen molar-refractivity contribution in [3.8, 4) is 11.3 Å². The summed E-state index contributed by atoms with van der Waals surface area (Å²) >= 11 is 0. The third-order valence-corrected chi connectivity index (χ3v) is 8.92. The Kier molecular flexibility index (Phi) is 12.1. The molecule has 1 unspecified atom stereocenters. The Balaban J connectivity index is 1.59. The van der Waals surface area contributed by atoms with Crippen LogP contribution in [0.15, 0.2) is 54.7 Å². The van der Waals surface area contributed by atoms with Crippen LogP contribution in [0.1, 0.15) is 51.0 Å². The van der Waals surface area contributed by atoms with Gasteiger partial charge in [-0.2, -0.15) is 0 Å². The topological polar surface area (TPSA) is 129 Å². The van der Waals surface area contributed by atoms with Crippen LogP contribution in [0, 0.1) is 23.5 Å². The van der Waals surface area contributed by atoms with Crippen LogP contribution in [0.2, 0.25) is 0 Å². The number of urea groups is 1. The zero-order valence-electron chi connectivity index (χ0n) is 28.6. The molecule has 0 saturated carbocycles. The number of hydrogen-bond donors (Lipinski definition) is 3. The Bertz CT molecular complexity index is 1600. The van der Waals surface area contributed by atoms with Crippen LogP contribution in [-0.2, 0) is 16.0 Å². The van der Waals surface area contributed by atoms with Gasteiger partial charge in [-0.05, 0) is 63.3 Å². The van der Waals surface area contributed by atoms with E-state index in [9.17, 15) is 24.2 Å². The zero-order valence-corrected chi connectivity index (χ0v) is 28.6. The molecule has 4 atom stereocenters. The molecule has 5 rings (SSSR count). The van der Waals surface area contributed by atoms with E-state index in [1.807, 2.05) is 30.3 Å². The largest absolute Gasteiger partial charge is 0.444 e. The van der Waals surface area contributed by atoms with Crippen LogP contribution < -0.4 is 5.32 Å². The van der Waals surface area contributed by atoms with E-state index in [4.69, 9.17) is 14.5 Å². The number of likely N-dealkylation sites (tertiary alicyclic amines) is 1. The number of nitrogens with zero attached hydrogens (tertiary/aromatic N) is 4. The number of imidazole rings is 1. The Morgan fingerprint density at radius 3 is 2.52 bits per heavy atom. The van der Waals surface area contributed by atoms with Crippen LogP contribution in [0.5, 0.6) is 0 Å². The number of amides is 3. The number of halogens is 3. The average molecular weight is 702 g/mol. The predicted molar refractivity (Wildman–Crippen MR) is 179 cm³/mol. The van der Waals surface area contributed by atoms with Crippen LogP contribution in [-0.4, -0.2) is 106 Å². The van der Waals surface area contributed by atoms with Gasteiger partial charge in [0, 0.05) is 57.1 Å². The van der Waals surface area contributed by atoms with Crippen molar-refractivity contribution >= 4 is 12.1 Å². The molecule has 2 saturated heterocycles. The first-order valence-electron chi connectivity index (χ1n) is 16.9. The number of ether oxygens (including phenoxy) is 2. The molecule has 14 heteroatoms. The minimum atomic E-state index is -1.49. The van der Waals surface area contributed by atoms with Gasteiger partial charge in [0.05, 0.1) is 31.0 Å². The van der Waals surface area contributed by atoms with Crippen molar-refractivity contribution < 1.29 is 42.4 Å². The minimum Gasteiger partial charge on any atom is -0.444 e. The van der Waals surface area contributed by atoms with Crippen molar-refractivity contribution in [1.82, 2.24) is 24.7 Å². The van der Waals surface area contributed by atoms with Crippen molar-refractivity contribution in [3.63, 3.8) is 0 Å². The molecule has 2 aromatic carbocycles. The molecule has 0 radical (unpaired) electrons. The van der Waals surface area contributed by atoms with Crippen molar-refractivity contribution in [1.29, 1.82) is 0 Å². The first-order chi connectivity index (χ1) is 23.8. The highest BCUT2D eigenvalue weighted by Gasteiger charge is 2.43. The molecular weight excluding hydrogens is 655 g/mol. The minimum absolute atomic E-state index is 0.0160. The highest BCUT2D eigenvalue weighted by molar-refractivity contribution is 5.75. The number of hydrogen-bond acceptors (Lipinski definition) is 7. The third-order valence-electron chi connectivity index (χ3n) is 8.92. The number of aliphatic hydroxyl groups excluding tert-OH is 2. The number of benzene rings is 2. The SMILES string of the molecule is CC(C)(C)OC(=O)N1C[C@@H](CN(C(=O)NCC(O)CO)[C@@H](c2nc(-c3cc(F)ccc3F)cn2Cc2ccccc2)C2CCOCC2)[C@@H](F)C1. The van der Waals surface area contributed by atoms with Gasteiger partial charge in [0.2, 0.25) is 0 Å². The van der Waals surface area contributed by atoms with E-state index in [2.05, 4.69) is 5.32 Å². The van der Waals surface area contributed by atoms with Gasteiger partial charge in [0.15, 0.2) is 0 Å². The van der Waals surface area contributed by atoms with E-state index in [-0.39, 0.29) is 49.9 Å². The second kappa shape index (κ2) is 16.3. The predicted octanol–water partition coefficient (Wildman–Crippen LogP) is 4.91. The molecule has 2 aliphatic heterocycles. The molecule has 3 heterocycles. The number of aromatic nitrogens is 2. The molecule has 11 nitrogen and oxygen atoms in total. The summed E-state index contributed by atoms with van der Waals surface area (Å²) in [5.74, 6) is -2.01. The van der Waals surface area contributed by atoms with E-state index < -0.39 is 60.2 Å². The van der Waals surface area contributed by atoms with Gasteiger partial charge in [-0.15, -0.1) is 0 Å². The Labute approximate surface area is 290 Å². The number of alkyl halides is 1. The summed E-state index contributed by atoms with van der Waals surface area (Å²) in [7, 11) is 0. The molecule has 2 aliphatic rings. The quantitative estimate of drug-likeness (QED) is 0.259. The summed E-state index contributed by atoms with van der Waals surface area (Å²) < 4.78 is 58.3. The Morgan fingerprint density at radius 1 is 1.12 bits per heavy atom. The monoisotopic (exact) mass is 701 g/mol. The van der Waals surface area contributed by atoms with Gasteiger partial charge in [-0.3, -0.25) is 0 Å². The lowest BCUT2D eigenvalue weighted by molar-refractivity contribution is 0.0231. The molecular formula is C36H46F3N5O6. The third kappa shape index (κ3) is 9.34. The van der Waals surface area contributed by atoms with Crippen LogP contribution >= 0.6 is 0 Å². The number of carbonyl (C=O) groups excluding carboxylic acids is 2. The molecule has 3 amide bonds. The van der Waals surface area contributed by atoms with Crippen LogP contribution in [0.4, 0.5) is 22.8 Å². The first-order valence-corrected chi connectivity index (χ1v) is 16.9. The fraction of sp³-hybridized carbons (Fsp3) is 0.528. The number of carbonyl (C=O) groups is 2. The van der Waals surface area contributed by atoms with Gasteiger partial charge >= 0.3 is 12.1 Å². The average Bonchev–Trinajstić information content (AvgIpc) is 3.67. The van der Waals surface area contributed by atoms with E-state index in [1.54, 1.807) is 31.5 Å². The molecule has 2 fully saturated rings. The zero-order chi connectivity index (χ0) is 36.0. The lowest BCUT2D eigenvalue weighted by atomic mass is 9.89. The van der Waals surface area contributed by atoms with Crippen molar-refractivity contribution in [2.45, 2.75) is 64.1 Å². The summed E-state index contributed by atoms with van der Waals surface area (Å²) in [4.78, 5) is 34.7. The highest BCUT2D eigenvalue weighted by atomic mass is 19.1. The molecule has 50 heavy (non-hydrogen) atoms. The summed E-state index contributed by atoms with van der Waals surface area (Å²) in [5.41, 5.74) is 0.196. The summed E-state index contributed by atoms with van der Waals surface area (Å²) in [6.45, 7) is 4.98. The Hall–Kier alpha value is -4.14. The second-order valence-electron chi connectivity index (χ2n) is 14.0. The maximum atomic E-state index is 15.8. The maximum Gasteiger partial charge on any atom is 0.410 e. The van der Waals surface area contributed by atoms with Gasteiger partial charge in [0.1, 0.15) is 29.2 Å².